The number of hydrogen-bond donors (Lipinski definition) is 1. The number of carboxylic acids is 1. The minimum absolute atomic E-state index is 0.130. The molecule has 0 fully saturated rings. The highest BCUT2D eigenvalue weighted by atomic mass is 16.5. The van der Waals surface area contributed by atoms with Crippen LogP contribution in [-0.4, -0.2) is 18.2 Å². The van der Waals surface area contributed by atoms with Gasteiger partial charge in [-0.1, -0.05) is 24.3 Å². The lowest BCUT2D eigenvalue weighted by Gasteiger charge is -2.13. The van der Waals surface area contributed by atoms with Gasteiger partial charge in [0.1, 0.15) is 11.3 Å². The lowest BCUT2D eigenvalue weighted by atomic mass is 10.1. The zero-order valence-corrected chi connectivity index (χ0v) is 10.7. The summed E-state index contributed by atoms with van der Waals surface area (Å²) in [5.74, 6) is 0.358. The van der Waals surface area contributed by atoms with E-state index in [1.54, 1.807) is 37.3 Å². The first-order chi connectivity index (χ1) is 9.13. The summed E-state index contributed by atoms with van der Waals surface area (Å²) in [7, 11) is 1.54. The Kier molecular flexibility index (Phi) is 3.71. The minimum Gasteiger partial charge on any atom is -0.493 e. The molecule has 19 heavy (non-hydrogen) atoms. The highest BCUT2D eigenvalue weighted by Crippen LogP contribution is 2.34. The second kappa shape index (κ2) is 5.44. The maximum absolute atomic E-state index is 11.2. The van der Waals surface area contributed by atoms with Crippen LogP contribution < -0.4 is 9.47 Å². The molecular weight excluding hydrogens is 244 g/mol. The number of para-hydroxylation sites is 3. The summed E-state index contributed by atoms with van der Waals surface area (Å²) >= 11 is 0. The lowest BCUT2D eigenvalue weighted by molar-refractivity contribution is 0.0694. The second-order valence-corrected chi connectivity index (χ2v) is 4.01. The molecule has 0 amide bonds. The molecule has 2 aromatic rings. The van der Waals surface area contributed by atoms with E-state index in [2.05, 4.69) is 0 Å². The van der Waals surface area contributed by atoms with Crippen LogP contribution in [0.25, 0.3) is 0 Å². The van der Waals surface area contributed by atoms with Crippen molar-refractivity contribution in [3.8, 4) is 17.2 Å². The van der Waals surface area contributed by atoms with E-state index < -0.39 is 5.97 Å². The number of aryl methyl sites for hydroxylation is 1. The van der Waals surface area contributed by atoms with E-state index in [4.69, 9.17) is 9.47 Å². The first-order valence-corrected chi connectivity index (χ1v) is 5.77. The van der Waals surface area contributed by atoms with E-state index in [1.807, 2.05) is 6.07 Å². The molecule has 0 aliphatic carbocycles. The molecule has 0 aromatic heterocycles. The van der Waals surface area contributed by atoms with Gasteiger partial charge in [-0.3, -0.25) is 0 Å². The van der Waals surface area contributed by atoms with Crippen molar-refractivity contribution >= 4 is 5.97 Å². The number of benzene rings is 2. The van der Waals surface area contributed by atoms with Crippen molar-refractivity contribution in [2.24, 2.45) is 0 Å². The van der Waals surface area contributed by atoms with Gasteiger partial charge < -0.3 is 14.6 Å². The molecule has 0 saturated heterocycles. The lowest BCUT2D eigenvalue weighted by Crippen LogP contribution is -2.02. The third kappa shape index (κ3) is 2.68. The zero-order chi connectivity index (χ0) is 13.8. The Labute approximate surface area is 111 Å². The van der Waals surface area contributed by atoms with Crippen molar-refractivity contribution in [3.05, 3.63) is 53.6 Å². The van der Waals surface area contributed by atoms with Crippen LogP contribution in [0, 0.1) is 6.92 Å². The topological polar surface area (TPSA) is 55.8 Å². The average Bonchev–Trinajstić information content (AvgIpc) is 2.41. The minimum atomic E-state index is -1.02. The molecule has 0 bridgehead atoms. The number of methoxy groups -OCH3 is 1. The molecule has 0 heterocycles. The summed E-state index contributed by atoms with van der Waals surface area (Å²) in [4.78, 5) is 11.2. The molecule has 2 aromatic carbocycles. The fourth-order valence-electron chi connectivity index (χ4n) is 1.77. The molecule has 1 N–H and O–H groups in total. The first-order valence-electron chi connectivity index (χ1n) is 5.77. The van der Waals surface area contributed by atoms with Crippen molar-refractivity contribution in [2.75, 3.05) is 7.11 Å². The second-order valence-electron chi connectivity index (χ2n) is 4.01. The van der Waals surface area contributed by atoms with Crippen LogP contribution in [0.1, 0.15) is 15.9 Å². The summed E-state index contributed by atoms with van der Waals surface area (Å²) in [6.07, 6.45) is 0. The predicted octanol–water partition coefficient (Wildman–Crippen LogP) is 3.49. The SMILES string of the molecule is COc1ccccc1Oc1c(C)cccc1C(=O)O. The van der Waals surface area contributed by atoms with Gasteiger partial charge in [0.05, 0.1) is 7.11 Å². The van der Waals surface area contributed by atoms with Gasteiger partial charge in [0.2, 0.25) is 0 Å². The van der Waals surface area contributed by atoms with Crippen LogP contribution in [0.2, 0.25) is 0 Å². The van der Waals surface area contributed by atoms with Crippen molar-refractivity contribution in [2.45, 2.75) is 6.92 Å². The van der Waals surface area contributed by atoms with Gasteiger partial charge in [-0.15, -0.1) is 0 Å². The Morgan fingerprint density at radius 1 is 1.05 bits per heavy atom. The fraction of sp³-hybridized carbons (Fsp3) is 0.133. The monoisotopic (exact) mass is 258 g/mol. The normalized spacial score (nSPS) is 10.0. The number of carbonyl (C=O) groups is 1. The molecule has 2 rings (SSSR count). The van der Waals surface area contributed by atoms with Crippen molar-refractivity contribution in [1.82, 2.24) is 0 Å². The Morgan fingerprint density at radius 3 is 2.37 bits per heavy atom. The third-order valence-electron chi connectivity index (χ3n) is 2.72. The zero-order valence-electron chi connectivity index (χ0n) is 10.7. The molecule has 0 radical (unpaired) electrons. The third-order valence-corrected chi connectivity index (χ3v) is 2.72. The van der Waals surface area contributed by atoms with Gasteiger partial charge in [-0.05, 0) is 30.7 Å². The van der Waals surface area contributed by atoms with E-state index in [0.29, 0.717) is 17.2 Å². The van der Waals surface area contributed by atoms with Gasteiger partial charge in [-0.2, -0.15) is 0 Å². The number of aromatic carboxylic acids is 1. The van der Waals surface area contributed by atoms with Gasteiger partial charge in [0.15, 0.2) is 11.5 Å². The van der Waals surface area contributed by atoms with Crippen LogP contribution in [-0.2, 0) is 0 Å². The van der Waals surface area contributed by atoms with E-state index in [1.165, 1.54) is 13.2 Å². The molecule has 0 saturated carbocycles. The quantitative estimate of drug-likeness (QED) is 0.912. The number of rotatable bonds is 4. The van der Waals surface area contributed by atoms with E-state index in [-0.39, 0.29) is 5.56 Å². The Balaban J connectivity index is 2.46. The van der Waals surface area contributed by atoms with Crippen molar-refractivity contribution in [3.63, 3.8) is 0 Å². The van der Waals surface area contributed by atoms with E-state index in [0.717, 1.165) is 5.56 Å². The van der Waals surface area contributed by atoms with Gasteiger partial charge in [-0.25, -0.2) is 4.79 Å². The Morgan fingerprint density at radius 2 is 1.74 bits per heavy atom. The predicted molar refractivity (Wildman–Crippen MR) is 71.2 cm³/mol. The van der Waals surface area contributed by atoms with Crippen LogP contribution in [0.5, 0.6) is 17.2 Å². The van der Waals surface area contributed by atoms with Gasteiger partial charge in [0.25, 0.3) is 0 Å². The summed E-state index contributed by atoms with van der Waals surface area (Å²) in [6.45, 7) is 1.80. The van der Waals surface area contributed by atoms with Gasteiger partial charge >= 0.3 is 5.97 Å². The summed E-state index contributed by atoms with van der Waals surface area (Å²) in [6, 6.07) is 12.1. The summed E-state index contributed by atoms with van der Waals surface area (Å²) < 4.78 is 10.9. The highest BCUT2D eigenvalue weighted by molar-refractivity contribution is 5.91. The van der Waals surface area contributed by atoms with Crippen LogP contribution in [0.15, 0.2) is 42.5 Å². The number of hydrogen-bond acceptors (Lipinski definition) is 3. The Bertz CT molecular complexity index is 605. The van der Waals surface area contributed by atoms with E-state index in [9.17, 15) is 9.90 Å². The largest absolute Gasteiger partial charge is 0.493 e. The van der Waals surface area contributed by atoms with Crippen LogP contribution in [0.4, 0.5) is 0 Å². The molecule has 4 heteroatoms. The molecule has 0 spiro atoms. The molecule has 0 aliphatic rings. The fourth-order valence-corrected chi connectivity index (χ4v) is 1.77. The van der Waals surface area contributed by atoms with Crippen LogP contribution >= 0.6 is 0 Å². The molecule has 0 unspecified atom stereocenters. The summed E-state index contributed by atoms with van der Waals surface area (Å²) in [5, 5.41) is 9.18. The molecule has 0 aliphatic heterocycles. The first kappa shape index (κ1) is 13.0. The molecule has 98 valence electrons. The standard InChI is InChI=1S/C15H14O4/c1-10-6-5-7-11(15(16)17)14(10)19-13-9-4-3-8-12(13)18-2/h3-9H,1-2H3,(H,16,17). The van der Waals surface area contributed by atoms with Crippen LogP contribution in [0.3, 0.4) is 0 Å². The van der Waals surface area contributed by atoms with Crippen molar-refractivity contribution < 1.29 is 19.4 Å². The summed E-state index contributed by atoms with van der Waals surface area (Å²) in [5.41, 5.74) is 0.886. The highest BCUT2D eigenvalue weighted by Gasteiger charge is 2.15. The van der Waals surface area contributed by atoms with Gasteiger partial charge in [0, 0.05) is 0 Å². The maximum Gasteiger partial charge on any atom is 0.339 e. The Hall–Kier alpha value is -2.49. The van der Waals surface area contributed by atoms with Crippen molar-refractivity contribution in [1.29, 1.82) is 0 Å². The maximum atomic E-state index is 11.2. The van der Waals surface area contributed by atoms with E-state index >= 15 is 0 Å². The number of carboxylic acid groups (broad SMARTS) is 1. The molecular formula is C15H14O4. The molecule has 0 atom stereocenters. The smallest absolute Gasteiger partial charge is 0.339 e. The molecule has 4 nitrogen and oxygen atoms in total. The average molecular weight is 258 g/mol. The number of ether oxygens (including phenoxy) is 2.